The molecule has 1 aliphatic heterocycles. The summed E-state index contributed by atoms with van der Waals surface area (Å²) >= 11 is 0. The molecule has 0 aliphatic carbocycles. The van der Waals surface area contributed by atoms with Crippen LogP contribution in [0.1, 0.15) is 30.4 Å². The predicted octanol–water partition coefficient (Wildman–Crippen LogP) is 1.80. The highest BCUT2D eigenvalue weighted by Gasteiger charge is 2.19. The van der Waals surface area contributed by atoms with Crippen molar-refractivity contribution in [2.45, 2.75) is 38.6 Å². The fourth-order valence-electron chi connectivity index (χ4n) is 2.41. The molecule has 1 saturated heterocycles. The molecular weight excluding hydrogens is 224 g/mol. The zero-order valence-electron chi connectivity index (χ0n) is 11.0. The van der Waals surface area contributed by atoms with E-state index in [1.54, 1.807) is 0 Å². The van der Waals surface area contributed by atoms with Crippen LogP contribution < -0.4 is 10.6 Å². The number of hydrogen-bond donors (Lipinski definition) is 2. The minimum atomic E-state index is 0.0237. The molecule has 1 heterocycles. The Morgan fingerprint density at radius 2 is 2.22 bits per heavy atom. The lowest BCUT2D eigenvalue weighted by atomic mass is 10.0. The van der Waals surface area contributed by atoms with Gasteiger partial charge in [0.15, 0.2) is 0 Å². The first-order valence-electron chi connectivity index (χ1n) is 6.83. The maximum atomic E-state index is 11.9. The van der Waals surface area contributed by atoms with E-state index in [4.69, 9.17) is 0 Å². The molecule has 1 aromatic rings. The smallest absolute Gasteiger partial charge is 0.237 e. The summed E-state index contributed by atoms with van der Waals surface area (Å²) in [6, 6.07) is 8.35. The molecule has 1 amide bonds. The summed E-state index contributed by atoms with van der Waals surface area (Å²) in [6.45, 7) is 3.80. The van der Waals surface area contributed by atoms with Crippen LogP contribution in [-0.4, -0.2) is 25.0 Å². The van der Waals surface area contributed by atoms with Gasteiger partial charge in [0.05, 0.1) is 6.04 Å². The van der Waals surface area contributed by atoms with E-state index in [0.717, 1.165) is 32.4 Å². The van der Waals surface area contributed by atoms with Crippen molar-refractivity contribution in [2.24, 2.45) is 0 Å². The third kappa shape index (κ3) is 3.57. The van der Waals surface area contributed by atoms with Crippen LogP contribution in [0.5, 0.6) is 0 Å². The molecule has 0 radical (unpaired) electrons. The van der Waals surface area contributed by atoms with Gasteiger partial charge in [-0.1, -0.05) is 30.7 Å². The summed E-state index contributed by atoms with van der Waals surface area (Å²) in [4.78, 5) is 11.9. The average Bonchev–Trinajstić information content (AvgIpc) is 2.42. The molecule has 98 valence electrons. The van der Waals surface area contributed by atoms with Gasteiger partial charge in [0.1, 0.15) is 0 Å². The summed E-state index contributed by atoms with van der Waals surface area (Å²) in [6.07, 6.45) is 4.22. The van der Waals surface area contributed by atoms with Crippen LogP contribution in [0.2, 0.25) is 0 Å². The number of aryl methyl sites for hydroxylation is 1. The average molecular weight is 246 g/mol. The van der Waals surface area contributed by atoms with E-state index < -0.39 is 0 Å². The fourth-order valence-corrected chi connectivity index (χ4v) is 2.41. The summed E-state index contributed by atoms with van der Waals surface area (Å²) in [5.41, 5.74) is 2.61. The highest BCUT2D eigenvalue weighted by molar-refractivity contribution is 5.81. The van der Waals surface area contributed by atoms with Gasteiger partial charge < -0.3 is 10.6 Å². The molecular formula is C15H22N2O. The maximum absolute atomic E-state index is 11.9. The number of benzene rings is 1. The number of hydrogen-bond acceptors (Lipinski definition) is 2. The van der Waals surface area contributed by atoms with E-state index in [-0.39, 0.29) is 11.9 Å². The van der Waals surface area contributed by atoms with Crippen LogP contribution in [-0.2, 0) is 11.2 Å². The Balaban J connectivity index is 1.75. The number of piperidine rings is 1. The minimum Gasteiger partial charge on any atom is -0.354 e. The van der Waals surface area contributed by atoms with Gasteiger partial charge in [0, 0.05) is 6.54 Å². The second kappa shape index (κ2) is 6.55. The maximum Gasteiger partial charge on any atom is 0.237 e. The van der Waals surface area contributed by atoms with Crippen molar-refractivity contribution in [1.29, 1.82) is 0 Å². The lowest BCUT2D eigenvalue weighted by Gasteiger charge is -2.22. The molecule has 0 spiro atoms. The van der Waals surface area contributed by atoms with Gasteiger partial charge in [-0.15, -0.1) is 0 Å². The van der Waals surface area contributed by atoms with Gasteiger partial charge in [-0.2, -0.15) is 0 Å². The minimum absolute atomic E-state index is 0.0237. The van der Waals surface area contributed by atoms with Crippen LogP contribution in [0.4, 0.5) is 0 Å². The SMILES string of the molecule is Cc1ccccc1CCNC(=O)[C@H]1CCCCN1. The first-order valence-corrected chi connectivity index (χ1v) is 6.83. The lowest BCUT2D eigenvalue weighted by Crippen LogP contribution is -2.47. The molecule has 1 fully saturated rings. The van der Waals surface area contributed by atoms with Crippen LogP contribution >= 0.6 is 0 Å². The molecule has 18 heavy (non-hydrogen) atoms. The van der Waals surface area contributed by atoms with E-state index in [9.17, 15) is 4.79 Å². The van der Waals surface area contributed by atoms with Gasteiger partial charge in [-0.05, 0) is 43.9 Å². The van der Waals surface area contributed by atoms with Gasteiger partial charge in [-0.25, -0.2) is 0 Å². The molecule has 2 N–H and O–H groups in total. The third-order valence-electron chi connectivity index (χ3n) is 3.58. The molecule has 0 aromatic heterocycles. The number of rotatable bonds is 4. The normalized spacial score (nSPS) is 19.5. The Morgan fingerprint density at radius 1 is 1.39 bits per heavy atom. The molecule has 0 bridgehead atoms. The van der Waals surface area contributed by atoms with Crippen LogP contribution in [0, 0.1) is 6.92 Å². The van der Waals surface area contributed by atoms with E-state index in [1.165, 1.54) is 17.5 Å². The van der Waals surface area contributed by atoms with Gasteiger partial charge >= 0.3 is 0 Å². The van der Waals surface area contributed by atoms with Gasteiger partial charge in [0.2, 0.25) is 5.91 Å². The number of carbonyl (C=O) groups is 1. The molecule has 1 atom stereocenters. The molecule has 2 rings (SSSR count). The van der Waals surface area contributed by atoms with Crippen molar-refractivity contribution in [2.75, 3.05) is 13.1 Å². The van der Waals surface area contributed by atoms with Gasteiger partial charge in [-0.3, -0.25) is 4.79 Å². The van der Waals surface area contributed by atoms with Crippen molar-refractivity contribution in [3.63, 3.8) is 0 Å². The first kappa shape index (κ1) is 13.1. The van der Waals surface area contributed by atoms with Crippen molar-refractivity contribution in [1.82, 2.24) is 10.6 Å². The van der Waals surface area contributed by atoms with Gasteiger partial charge in [0.25, 0.3) is 0 Å². The zero-order valence-corrected chi connectivity index (χ0v) is 11.0. The second-order valence-electron chi connectivity index (χ2n) is 4.97. The van der Waals surface area contributed by atoms with Crippen molar-refractivity contribution in [3.05, 3.63) is 35.4 Å². The molecule has 3 heteroatoms. The van der Waals surface area contributed by atoms with Crippen LogP contribution in [0.25, 0.3) is 0 Å². The summed E-state index contributed by atoms with van der Waals surface area (Å²) in [5.74, 6) is 0.156. The molecule has 0 unspecified atom stereocenters. The highest BCUT2D eigenvalue weighted by atomic mass is 16.2. The Kier molecular flexibility index (Phi) is 4.76. The lowest BCUT2D eigenvalue weighted by molar-refractivity contribution is -0.123. The largest absolute Gasteiger partial charge is 0.354 e. The predicted molar refractivity (Wildman–Crippen MR) is 73.5 cm³/mol. The van der Waals surface area contributed by atoms with Crippen molar-refractivity contribution >= 4 is 5.91 Å². The van der Waals surface area contributed by atoms with E-state index in [2.05, 4.69) is 29.7 Å². The van der Waals surface area contributed by atoms with Crippen LogP contribution in [0.3, 0.4) is 0 Å². The summed E-state index contributed by atoms with van der Waals surface area (Å²) in [7, 11) is 0. The molecule has 0 saturated carbocycles. The molecule has 1 aromatic carbocycles. The van der Waals surface area contributed by atoms with E-state index in [0.29, 0.717) is 0 Å². The van der Waals surface area contributed by atoms with Crippen molar-refractivity contribution in [3.8, 4) is 0 Å². The highest BCUT2D eigenvalue weighted by Crippen LogP contribution is 2.08. The monoisotopic (exact) mass is 246 g/mol. The Labute approximate surface area is 109 Å². The number of nitrogens with one attached hydrogen (secondary N) is 2. The number of carbonyl (C=O) groups excluding carboxylic acids is 1. The van der Waals surface area contributed by atoms with Crippen molar-refractivity contribution < 1.29 is 4.79 Å². The topological polar surface area (TPSA) is 41.1 Å². The Bertz CT molecular complexity index is 397. The van der Waals surface area contributed by atoms with Crippen LogP contribution in [0.15, 0.2) is 24.3 Å². The summed E-state index contributed by atoms with van der Waals surface area (Å²) in [5, 5.41) is 6.29. The molecule has 3 nitrogen and oxygen atoms in total. The Hall–Kier alpha value is -1.35. The quantitative estimate of drug-likeness (QED) is 0.850. The fraction of sp³-hybridized carbons (Fsp3) is 0.533. The van der Waals surface area contributed by atoms with E-state index >= 15 is 0 Å². The number of amides is 1. The standard InChI is InChI=1S/C15H22N2O/c1-12-6-2-3-7-13(12)9-11-17-15(18)14-8-4-5-10-16-14/h2-3,6-7,14,16H,4-5,8-11H2,1H3,(H,17,18)/t14-/m1/s1. The first-order chi connectivity index (χ1) is 8.77. The Morgan fingerprint density at radius 3 is 2.94 bits per heavy atom. The zero-order chi connectivity index (χ0) is 12.8. The second-order valence-corrected chi connectivity index (χ2v) is 4.97. The third-order valence-corrected chi connectivity index (χ3v) is 3.58. The summed E-state index contributed by atoms with van der Waals surface area (Å²) < 4.78 is 0. The van der Waals surface area contributed by atoms with E-state index in [1.807, 2.05) is 12.1 Å². The molecule has 1 aliphatic rings.